The number of nitrogens with zero attached hydrogens (tertiary/aromatic N) is 2. The minimum Gasteiger partial charge on any atom is -0.319 e. The molecule has 2 bridgehead atoms. The summed E-state index contributed by atoms with van der Waals surface area (Å²) >= 11 is 0. The van der Waals surface area contributed by atoms with Gasteiger partial charge in [-0.2, -0.15) is 0 Å². The third kappa shape index (κ3) is 2.61. The zero-order valence-corrected chi connectivity index (χ0v) is 10.1. The van der Waals surface area contributed by atoms with E-state index in [1.165, 1.54) is 32.6 Å². The lowest BCUT2D eigenvalue weighted by molar-refractivity contribution is -0.141. The van der Waals surface area contributed by atoms with E-state index in [-0.39, 0.29) is 5.97 Å². The Hall–Kier alpha value is -0.900. The first-order chi connectivity index (χ1) is 7.66. The van der Waals surface area contributed by atoms with Crippen molar-refractivity contribution in [2.45, 2.75) is 57.5 Å². The first-order valence-electron chi connectivity index (χ1n) is 6.12. The molecule has 2 rings (SSSR count). The minimum absolute atomic E-state index is 0.325. The Morgan fingerprint density at radius 2 is 1.88 bits per heavy atom. The Morgan fingerprint density at radius 1 is 1.31 bits per heavy atom. The monoisotopic (exact) mass is 224 g/mol. The number of piperidine rings is 1. The molecule has 0 radical (unpaired) electrons. The van der Waals surface area contributed by atoms with Crippen molar-refractivity contribution in [2.24, 2.45) is 5.16 Å². The van der Waals surface area contributed by atoms with Crippen LogP contribution in [0, 0.1) is 0 Å². The van der Waals surface area contributed by atoms with Crippen LogP contribution in [-0.4, -0.2) is 35.7 Å². The van der Waals surface area contributed by atoms with Gasteiger partial charge in [0, 0.05) is 31.8 Å². The van der Waals surface area contributed by atoms with E-state index in [2.05, 4.69) is 17.1 Å². The van der Waals surface area contributed by atoms with E-state index in [1.807, 2.05) is 0 Å². The molecule has 2 aliphatic heterocycles. The first kappa shape index (κ1) is 11.6. The highest BCUT2D eigenvalue weighted by Gasteiger charge is 2.32. The van der Waals surface area contributed by atoms with E-state index in [0.29, 0.717) is 12.1 Å². The summed E-state index contributed by atoms with van der Waals surface area (Å²) in [7, 11) is 2.21. The summed E-state index contributed by atoms with van der Waals surface area (Å²) in [6.07, 6.45) is 7.03. The van der Waals surface area contributed by atoms with Gasteiger partial charge in [-0.3, -0.25) is 4.90 Å². The number of hydrogen-bond acceptors (Lipinski definition) is 4. The largest absolute Gasteiger partial charge is 0.331 e. The van der Waals surface area contributed by atoms with Crippen LogP contribution < -0.4 is 0 Å². The van der Waals surface area contributed by atoms with Crippen LogP contribution in [0.5, 0.6) is 0 Å². The normalized spacial score (nSPS) is 30.8. The predicted molar refractivity (Wildman–Crippen MR) is 62.2 cm³/mol. The minimum atomic E-state index is -0.325. The smallest absolute Gasteiger partial charge is 0.319 e. The fourth-order valence-electron chi connectivity index (χ4n) is 2.79. The lowest BCUT2D eigenvalue weighted by Gasteiger charge is -2.38. The Balaban J connectivity index is 2.04. The van der Waals surface area contributed by atoms with Crippen molar-refractivity contribution in [2.75, 3.05) is 7.05 Å². The molecule has 0 aromatic carbocycles. The molecule has 90 valence electrons. The van der Waals surface area contributed by atoms with Crippen LogP contribution in [0.15, 0.2) is 5.16 Å². The number of carbonyl (C=O) groups is 1. The molecule has 0 N–H and O–H groups in total. The zero-order valence-electron chi connectivity index (χ0n) is 10.1. The van der Waals surface area contributed by atoms with Crippen molar-refractivity contribution in [3.63, 3.8) is 0 Å². The third-order valence-corrected chi connectivity index (χ3v) is 3.72. The average Bonchev–Trinajstić information content (AvgIpc) is 2.37. The summed E-state index contributed by atoms with van der Waals surface area (Å²) in [6, 6.07) is 1.19. The quantitative estimate of drug-likeness (QED) is 0.505. The van der Waals surface area contributed by atoms with Gasteiger partial charge < -0.3 is 4.84 Å². The zero-order chi connectivity index (χ0) is 11.5. The number of oxime groups is 1. The number of rotatable bonds is 1. The fraction of sp³-hybridized carbons (Fsp3) is 0.833. The van der Waals surface area contributed by atoms with Crippen LogP contribution in [0.4, 0.5) is 0 Å². The molecule has 0 saturated carbocycles. The molecule has 2 unspecified atom stereocenters. The molecular weight excluding hydrogens is 204 g/mol. The summed E-state index contributed by atoms with van der Waals surface area (Å²) < 4.78 is 0. The van der Waals surface area contributed by atoms with Crippen LogP contribution in [0.25, 0.3) is 0 Å². The maximum Gasteiger partial charge on any atom is 0.331 e. The van der Waals surface area contributed by atoms with Gasteiger partial charge in [0.2, 0.25) is 0 Å². The second-order valence-electron chi connectivity index (χ2n) is 4.91. The molecule has 2 heterocycles. The number of carbonyl (C=O) groups excluding carboxylic acids is 1. The molecule has 2 aliphatic rings. The molecule has 2 atom stereocenters. The van der Waals surface area contributed by atoms with Gasteiger partial charge in [-0.1, -0.05) is 18.0 Å². The van der Waals surface area contributed by atoms with Crippen molar-refractivity contribution in [3.8, 4) is 0 Å². The van der Waals surface area contributed by atoms with Crippen LogP contribution in [0.2, 0.25) is 0 Å². The van der Waals surface area contributed by atoms with Crippen molar-refractivity contribution in [3.05, 3.63) is 0 Å². The molecule has 0 aromatic rings. The SMILES string of the molecule is CC(=O)ON=C1CC2CCCCC(C1)N2C. The molecule has 4 heteroatoms. The Kier molecular flexibility index (Phi) is 3.59. The number of fused-ring (bicyclic) bond motifs is 2. The van der Waals surface area contributed by atoms with E-state index in [1.54, 1.807) is 0 Å². The summed E-state index contributed by atoms with van der Waals surface area (Å²) in [5.74, 6) is -0.325. The Bertz CT molecular complexity index is 283. The molecule has 0 spiro atoms. The lowest BCUT2D eigenvalue weighted by atomic mass is 9.93. The van der Waals surface area contributed by atoms with Gasteiger partial charge in [-0.15, -0.1) is 0 Å². The van der Waals surface area contributed by atoms with Gasteiger partial charge in [0.15, 0.2) is 0 Å². The third-order valence-electron chi connectivity index (χ3n) is 3.72. The average molecular weight is 224 g/mol. The van der Waals surface area contributed by atoms with Gasteiger partial charge in [-0.25, -0.2) is 4.79 Å². The highest BCUT2D eigenvalue weighted by atomic mass is 16.7. The summed E-state index contributed by atoms with van der Waals surface area (Å²) in [5.41, 5.74) is 1.06. The molecule has 0 aromatic heterocycles. The Morgan fingerprint density at radius 3 is 2.38 bits per heavy atom. The summed E-state index contributed by atoms with van der Waals surface area (Å²) in [6.45, 7) is 1.39. The standard InChI is InChI=1S/C12H20N2O2/c1-9(15)16-13-10-7-11-5-3-4-6-12(8-10)14(11)2/h11-12H,3-8H2,1-2H3. The summed E-state index contributed by atoms with van der Waals surface area (Å²) in [4.78, 5) is 18.0. The van der Waals surface area contributed by atoms with Gasteiger partial charge >= 0.3 is 5.97 Å². The molecule has 0 amide bonds. The van der Waals surface area contributed by atoms with Gasteiger partial charge in [0.05, 0.1) is 5.71 Å². The molecular formula is C12H20N2O2. The molecule has 16 heavy (non-hydrogen) atoms. The fourth-order valence-corrected chi connectivity index (χ4v) is 2.79. The van der Waals surface area contributed by atoms with Gasteiger partial charge in [-0.05, 0) is 19.9 Å². The Labute approximate surface area is 96.6 Å². The van der Waals surface area contributed by atoms with Crippen molar-refractivity contribution >= 4 is 11.7 Å². The van der Waals surface area contributed by atoms with E-state index in [9.17, 15) is 4.79 Å². The first-order valence-corrected chi connectivity index (χ1v) is 6.12. The van der Waals surface area contributed by atoms with E-state index >= 15 is 0 Å². The van der Waals surface area contributed by atoms with Gasteiger partial charge in [0.25, 0.3) is 0 Å². The molecule has 2 fully saturated rings. The van der Waals surface area contributed by atoms with Crippen LogP contribution in [0.1, 0.15) is 45.4 Å². The second-order valence-corrected chi connectivity index (χ2v) is 4.91. The van der Waals surface area contributed by atoms with Crippen LogP contribution in [0.3, 0.4) is 0 Å². The van der Waals surface area contributed by atoms with Crippen molar-refractivity contribution in [1.82, 2.24) is 4.90 Å². The highest BCUT2D eigenvalue weighted by Crippen LogP contribution is 2.30. The van der Waals surface area contributed by atoms with E-state index in [4.69, 9.17) is 4.84 Å². The van der Waals surface area contributed by atoms with Gasteiger partial charge in [0.1, 0.15) is 0 Å². The summed E-state index contributed by atoms with van der Waals surface area (Å²) in [5, 5.41) is 3.98. The second kappa shape index (κ2) is 4.95. The lowest BCUT2D eigenvalue weighted by Crippen LogP contribution is -2.45. The van der Waals surface area contributed by atoms with Crippen LogP contribution >= 0.6 is 0 Å². The molecule has 0 aliphatic carbocycles. The van der Waals surface area contributed by atoms with Crippen LogP contribution in [-0.2, 0) is 9.63 Å². The molecule has 2 saturated heterocycles. The highest BCUT2D eigenvalue weighted by molar-refractivity contribution is 5.86. The van der Waals surface area contributed by atoms with E-state index < -0.39 is 0 Å². The molecule has 4 nitrogen and oxygen atoms in total. The maximum atomic E-state index is 10.7. The maximum absolute atomic E-state index is 10.7. The predicted octanol–water partition coefficient (Wildman–Crippen LogP) is 1.94. The topological polar surface area (TPSA) is 41.9 Å². The van der Waals surface area contributed by atoms with Crippen molar-refractivity contribution in [1.29, 1.82) is 0 Å². The number of hydrogen-bond donors (Lipinski definition) is 0. The van der Waals surface area contributed by atoms with E-state index in [0.717, 1.165) is 18.6 Å². The van der Waals surface area contributed by atoms with Crippen molar-refractivity contribution < 1.29 is 9.63 Å².